The monoisotopic (exact) mass is 466 g/mol. The first kappa shape index (κ1) is 24.6. The number of aromatic nitrogens is 1. The lowest BCUT2D eigenvalue weighted by atomic mass is 9.99. The lowest BCUT2D eigenvalue weighted by molar-refractivity contribution is -0.118. The van der Waals surface area contributed by atoms with Crippen LogP contribution in [0.2, 0.25) is 5.15 Å². The number of halogens is 2. The summed E-state index contributed by atoms with van der Waals surface area (Å²) >= 11 is 5.79. The van der Waals surface area contributed by atoms with Gasteiger partial charge in [-0.1, -0.05) is 68.8 Å². The summed E-state index contributed by atoms with van der Waals surface area (Å²) in [4.78, 5) is 30.4. The number of rotatable bonds is 9. The summed E-state index contributed by atoms with van der Waals surface area (Å²) in [7, 11) is 0. The van der Waals surface area contributed by atoms with Crippen molar-refractivity contribution in [3.8, 4) is 11.1 Å². The highest BCUT2D eigenvalue weighted by Gasteiger charge is 2.19. The summed E-state index contributed by atoms with van der Waals surface area (Å²) in [5, 5.41) is 0.426. The zero-order chi connectivity index (χ0) is 24.0. The van der Waals surface area contributed by atoms with E-state index in [2.05, 4.69) is 4.98 Å². The molecule has 33 heavy (non-hydrogen) atoms. The van der Waals surface area contributed by atoms with Crippen LogP contribution in [-0.4, -0.2) is 23.2 Å². The molecule has 0 fully saturated rings. The molecular formula is C27H28ClFN2O2. The largest absolute Gasteiger partial charge is 0.309 e. The Morgan fingerprint density at radius 1 is 1.03 bits per heavy atom. The lowest BCUT2D eigenvalue weighted by Crippen LogP contribution is -2.34. The highest BCUT2D eigenvalue weighted by molar-refractivity contribution is 6.29. The van der Waals surface area contributed by atoms with E-state index in [0.29, 0.717) is 47.8 Å². The van der Waals surface area contributed by atoms with Crippen LogP contribution in [0.3, 0.4) is 0 Å². The van der Waals surface area contributed by atoms with Crippen LogP contribution >= 0.6 is 11.6 Å². The number of amides is 1. The van der Waals surface area contributed by atoms with Crippen molar-refractivity contribution in [3.05, 3.63) is 82.9 Å². The van der Waals surface area contributed by atoms with Crippen LogP contribution in [0.15, 0.2) is 60.8 Å². The Bertz CT molecular complexity index is 1110. The lowest BCUT2D eigenvalue weighted by Gasteiger charge is -2.25. The fourth-order valence-corrected chi connectivity index (χ4v) is 3.71. The standard InChI is InChI=1S/C27H28ClFN2O2/c1-4-27(33)31(17-18(2)3)24-12-11-22(15-23(24)29)20-7-9-21(10-8-20)25(32)13-5-19-6-14-26(28)30-16-19/h6-12,14-16,18H,4-5,13,17H2,1-3H3. The second kappa shape index (κ2) is 11.2. The molecule has 4 nitrogen and oxygen atoms in total. The third-order valence-electron chi connectivity index (χ3n) is 5.36. The number of nitrogens with zero attached hydrogens (tertiary/aromatic N) is 2. The predicted octanol–water partition coefficient (Wildman–Crippen LogP) is 6.76. The van der Waals surface area contributed by atoms with Crippen molar-refractivity contribution in [2.24, 2.45) is 5.92 Å². The van der Waals surface area contributed by atoms with Gasteiger partial charge in [-0.2, -0.15) is 0 Å². The van der Waals surface area contributed by atoms with Gasteiger partial charge in [-0.25, -0.2) is 9.37 Å². The molecule has 0 saturated heterocycles. The fraction of sp³-hybridized carbons (Fsp3) is 0.296. The van der Waals surface area contributed by atoms with Crippen LogP contribution in [0.25, 0.3) is 11.1 Å². The van der Waals surface area contributed by atoms with E-state index < -0.39 is 5.82 Å². The molecule has 0 unspecified atom stereocenters. The maximum atomic E-state index is 15.0. The molecule has 172 valence electrons. The van der Waals surface area contributed by atoms with Gasteiger partial charge in [-0.05, 0) is 47.2 Å². The minimum atomic E-state index is -0.438. The molecule has 1 heterocycles. The van der Waals surface area contributed by atoms with Crippen molar-refractivity contribution < 1.29 is 14.0 Å². The van der Waals surface area contributed by atoms with E-state index in [1.54, 1.807) is 43.5 Å². The van der Waals surface area contributed by atoms with E-state index in [0.717, 1.165) is 11.1 Å². The zero-order valence-electron chi connectivity index (χ0n) is 19.1. The average Bonchev–Trinajstić information content (AvgIpc) is 2.81. The maximum Gasteiger partial charge on any atom is 0.226 e. The molecule has 0 spiro atoms. The van der Waals surface area contributed by atoms with Crippen LogP contribution in [0, 0.1) is 11.7 Å². The summed E-state index contributed by atoms with van der Waals surface area (Å²) in [6.45, 7) is 6.23. The van der Waals surface area contributed by atoms with E-state index in [4.69, 9.17) is 11.6 Å². The highest BCUT2D eigenvalue weighted by Crippen LogP contribution is 2.28. The molecule has 2 aromatic carbocycles. The first-order chi connectivity index (χ1) is 15.8. The molecule has 0 radical (unpaired) electrons. The summed E-state index contributed by atoms with van der Waals surface area (Å²) < 4.78 is 15.0. The van der Waals surface area contributed by atoms with E-state index in [-0.39, 0.29) is 17.6 Å². The number of pyridine rings is 1. The molecule has 0 bridgehead atoms. The smallest absolute Gasteiger partial charge is 0.226 e. The highest BCUT2D eigenvalue weighted by atomic mass is 35.5. The van der Waals surface area contributed by atoms with E-state index in [1.165, 1.54) is 11.0 Å². The first-order valence-electron chi connectivity index (χ1n) is 11.1. The van der Waals surface area contributed by atoms with Gasteiger partial charge in [0.1, 0.15) is 11.0 Å². The third-order valence-corrected chi connectivity index (χ3v) is 5.58. The molecule has 0 N–H and O–H groups in total. The van der Waals surface area contributed by atoms with Crippen molar-refractivity contribution in [2.75, 3.05) is 11.4 Å². The minimum Gasteiger partial charge on any atom is -0.309 e. The van der Waals surface area contributed by atoms with Gasteiger partial charge in [0.2, 0.25) is 5.91 Å². The van der Waals surface area contributed by atoms with Gasteiger partial charge < -0.3 is 4.90 Å². The third kappa shape index (κ3) is 6.48. The van der Waals surface area contributed by atoms with Gasteiger partial charge in [-0.15, -0.1) is 0 Å². The number of carbonyl (C=O) groups is 2. The summed E-state index contributed by atoms with van der Waals surface area (Å²) in [6.07, 6.45) is 2.94. The van der Waals surface area contributed by atoms with Crippen LogP contribution in [-0.2, 0) is 11.2 Å². The number of aryl methyl sites for hydroxylation is 1. The maximum absolute atomic E-state index is 15.0. The molecule has 0 aliphatic carbocycles. The topological polar surface area (TPSA) is 50.3 Å². The Hall–Kier alpha value is -3.05. The first-order valence-corrected chi connectivity index (χ1v) is 11.5. The van der Waals surface area contributed by atoms with Crippen molar-refractivity contribution in [3.63, 3.8) is 0 Å². The molecule has 1 amide bonds. The Kier molecular flexibility index (Phi) is 8.34. The van der Waals surface area contributed by atoms with Crippen molar-refractivity contribution in [2.45, 2.75) is 40.0 Å². The number of ketones is 1. The molecule has 1 aromatic heterocycles. The number of anilines is 1. The minimum absolute atomic E-state index is 0.0282. The molecule has 0 aliphatic rings. The van der Waals surface area contributed by atoms with Gasteiger partial charge >= 0.3 is 0 Å². The van der Waals surface area contributed by atoms with E-state index in [9.17, 15) is 14.0 Å². The van der Waals surface area contributed by atoms with Crippen molar-refractivity contribution in [1.82, 2.24) is 4.98 Å². The number of hydrogen-bond donors (Lipinski definition) is 0. The van der Waals surface area contributed by atoms with Gasteiger partial charge in [0.05, 0.1) is 5.69 Å². The Labute approximate surface area is 199 Å². The molecule has 3 aromatic rings. The summed E-state index contributed by atoms with van der Waals surface area (Å²) in [6, 6.07) is 15.6. The molecule has 3 rings (SSSR count). The molecule has 0 saturated carbocycles. The zero-order valence-corrected chi connectivity index (χ0v) is 19.9. The SMILES string of the molecule is CCC(=O)N(CC(C)C)c1ccc(-c2ccc(C(=O)CCc3ccc(Cl)nc3)cc2)cc1F. The molecule has 0 aliphatic heterocycles. The number of Topliss-reactive ketones (excluding diaryl/α,β-unsaturated/α-hetero) is 1. The van der Waals surface area contributed by atoms with Gasteiger partial charge in [0.15, 0.2) is 5.78 Å². The van der Waals surface area contributed by atoms with Crippen molar-refractivity contribution in [1.29, 1.82) is 0 Å². The average molecular weight is 467 g/mol. The molecule has 6 heteroatoms. The number of benzene rings is 2. The normalized spacial score (nSPS) is 11.0. The van der Waals surface area contributed by atoms with Crippen LogP contribution < -0.4 is 4.90 Å². The summed E-state index contributed by atoms with van der Waals surface area (Å²) in [5.41, 5.74) is 3.34. The molecule has 0 atom stereocenters. The van der Waals surface area contributed by atoms with Crippen LogP contribution in [0.5, 0.6) is 0 Å². The van der Waals surface area contributed by atoms with Gasteiger partial charge in [-0.3, -0.25) is 9.59 Å². The predicted molar refractivity (Wildman–Crippen MR) is 131 cm³/mol. The Morgan fingerprint density at radius 2 is 1.73 bits per heavy atom. The van der Waals surface area contributed by atoms with E-state index in [1.807, 2.05) is 32.0 Å². The van der Waals surface area contributed by atoms with Crippen LogP contribution in [0.1, 0.15) is 49.5 Å². The van der Waals surface area contributed by atoms with Crippen molar-refractivity contribution >= 4 is 29.0 Å². The second-order valence-corrected chi connectivity index (χ2v) is 8.79. The Morgan fingerprint density at radius 3 is 2.30 bits per heavy atom. The van der Waals surface area contributed by atoms with E-state index >= 15 is 0 Å². The van der Waals surface area contributed by atoms with Crippen LogP contribution in [0.4, 0.5) is 10.1 Å². The number of carbonyl (C=O) groups excluding carboxylic acids is 2. The summed E-state index contributed by atoms with van der Waals surface area (Å²) in [5.74, 6) is -0.291. The number of hydrogen-bond acceptors (Lipinski definition) is 3. The fourth-order valence-electron chi connectivity index (χ4n) is 3.60. The quantitative estimate of drug-likeness (QED) is 0.258. The molecular weight excluding hydrogens is 439 g/mol. The second-order valence-electron chi connectivity index (χ2n) is 8.41. The van der Waals surface area contributed by atoms with Gasteiger partial charge in [0.25, 0.3) is 0 Å². The Balaban J connectivity index is 1.72. The van der Waals surface area contributed by atoms with Gasteiger partial charge in [0, 0.05) is 31.1 Å².